The van der Waals surface area contributed by atoms with Crippen molar-refractivity contribution >= 4 is 11.8 Å². The van der Waals surface area contributed by atoms with Crippen molar-refractivity contribution in [2.45, 2.75) is 44.9 Å². The maximum atomic E-state index is 14.4. The highest BCUT2D eigenvalue weighted by Gasteiger charge is 2.54. The minimum Gasteiger partial charge on any atom is -0.497 e. The van der Waals surface area contributed by atoms with Crippen molar-refractivity contribution in [3.8, 4) is 23.0 Å². The van der Waals surface area contributed by atoms with Crippen molar-refractivity contribution in [1.29, 1.82) is 0 Å². The Morgan fingerprint density at radius 2 is 0.809 bits per heavy atom. The van der Waals surface area contributed by atoms with Crippen LogP contribution in [-0.2, 0) is 35.3 Å². The molecule has 0 atom stereocenters. The zero-order chi connectivity index (χ0) is 33.9. The molecule has 0 saturated carbocycles. The highest BCUT2D eigenvalue weighted by atomic mass is 16.5. The van der Waals surface area contributed by atoms with Crippen LogP contribution in [0.15, 0.2) is 97.1 Å². The highest BCUT2D eigenvalue weighted by molar-refractivity contribution is 5.83. The van der Waals surface area contributed by atoms with Crippen LogP contribution >= 0.6 is 0 Å². The smallest absolute Gasteiger partial charge is 0.224 e. The van der Waals surface area contributed by atoms with Gasteiger partial charge in [-0.05, 0) is 115 Å². The monoisotopic (exact) mass is 638 g/mol. The van der Waals surface area contributed by atoms with Gasteiger partial charge in [-0.25, -0.2) is 0 Å². The van der Waals surface area contributed by atoms with Gasteiger partial charge >= 0.3 is 0 Å². The third kappa shape index (κ3) is 8.64. The zero-order valence-electron chi connectivity index (χ0n) is 27.8. The van der Waals surface area contributed by atoms with Crippen LogP contribution in [0.4, 0.5) is 0 Å². The summed E-state index contributed by atoms with van der Waals surface area (Å²) in [6.45, 7) is 0. The quantitative estimate of drug-likeness (QED) is 0.136. The lowest BCUT2D eigenvalue weighted by molar-refractivity contribution is -0.137. The average molecular weight is 639 g/mol. The number of methoxy groups -OCH3 is 4. The molecule has 4 aromatic carbocycles. The molecule has 4 N–H and O–H groups in total. The number of benzene rings is 4. The molecule has 4 aromatic rings. The van der Waals surface area contributed by atoms with E-state index in [9.17, 15) is 9.59 Å². The molecule has 0 radical (unpaired) electrons. The summed E-state index contributed by atoms with van der Waals surface area (Å²) in [7, 11) is 6.52. The van der Waals surface area contributed by atoms with E-state index < -0.39 is 16.7 Å². The van der Waals surface area contributed by atoms with Crippen molar-refractivity contribution in [3.63, 3.8) is 0 Å². The van der Waals surface area contributed by atoms with Crippen molar-refractivity contribution in [3.05, 3.63) is 119 Å². The Morgan fingerprint density at radius 1 is 0.511 bits per heavy atom. The van der Waals surface area contributed by atoms with Crippen molar-refractivity contribution in [2.24, 2.45) is 22.3 Å². The summed E-state index contributed by atoms with van der Waals surface area (Å²) in [5.74, 6) is 2.12. The first-order chi connectivity index (χ1) is 22.7. The first-order valence-electron chi connectivity index (χ1n) is 15.8. The highest BCUT2D eigenvalue weighted by Crippen LogP contribution is 2.53. The molecule has 0 aliphatic heterocycles. The number of rotatable bonds is 18. The van der Waals surface area contributed by atoms with Gasteiger partial charge < -0.3 is 30.4 Å². The largest absolute Gasteiger partial charge is 0.497 e. The van der Waals surface area contributed by atoms with Crippen LogP contribution < -0.4 is 30.4 Å². The van der Waals surface area contributed by atoms with Crippen LogP contribution in [0.1, 0.15) is 41.5 Å². The van der Waals surface area contributed by atoms with Crippen LogP contribution in [0.3, 0.4) is 0 Å². The fourth-order valence-corrected chi connectivity index (χ4v) is 6.74. The number of nitrogens with two attached hydrogens (primary N) is 2. The third-order valence-electron chi connectivity index (χ3n) is 9.30. The normalized spacial score (nSPS) is 11.5. The second-order valence-electron chi connectivity index (χ2n) is 12.1. The molecule has 0 fully saturated rings. The van der Waals surface area contributed by atoms with Crippen LogP contribution in [0.5, 0.6) is 23.0 Å². The number of carbonyl (C=O) groups is 2. The van der Waals surface area contributed by atoms with E-state index in [2.05, 4.69) is 0 Å². The Bertz CT molecular complexity index is 1480. The van der Waals surface area contributed by atoms with Crippen LogP contribution in [0.25, 0.3) is 0 Å². The molecule has 8 heteroatoms. The van der Waals surface area contributed by atoms with E-state index in [1.165, 1.54) is 0 Å². The molecule has 0 spiro atoms. The fraction of sp³-hybridized carbons (Fsp3) is 0.333. The Balaban J connectivity index is 1.99. The van der Waals surface area contributed by atoms with Gasteiger partial charge in [-0.1, -0.05) is 48.5 Å². The number of primary amides is 2. The molecule has 0 unspecified atom stereocenters. The van der Waals surface area contributed by atoms with E-state index in [-0.39, 0.29) is 12.3 Å². The predicted octanol–water partition coefficient (Wildman–Crippen LogP) is 6.11. The first kappa shape index (κ1) is 34.9. The summed E-state index contributed by atoms with van der Waals surface area (Å²) in [5.41, 5.74) is 14.4. The van der Waals surface area contributed by atoms with Gasteiger partial charge in [-0.3, -0.25) is 9.59 Å². The fourth-order valence-electron chi connectivity index (χ4n) is 6.74. The predicted molar refractivity (Wildman–Crippen MR) is 184 cm³/mol. The lowest BCUT2D eigenvalue weighted by Crippen LogP contribution is -2.56. The van der Waals surface area contributed by atoms with Gasteiger partial charge in [-0.2, -0.15) is 0 Å². The zero-order valence-corrected chi connectivity index (χ0v) is 27.8. The Hall–Kier alpha value is -4.98. The van der Waals surface area contributed by atoms with E-state index in [1.807, 2.05) is 97.1 Å². The van der Waals surface area contributed by atoms with Gasteiger partial charge in [0.05, 0.1) is 33.9 Å². The number of amides is 2. The minimum absolute atomic E-state index is 0.187. The molecule has 47 heavy (non-hydrogen) atoms. The van der Waals surface area contributed by atoms with Crippen LogP contribution in [-0.4, -0.2) is 40.3 Å². The number of ether oxygens (including phenoxy) is 4. The van der Waals surface area contributed by atoms with E-state index >= 15 is 0 Å². The Labute approximate surface area is 278 Å². The molecule has 0 heterocycles. The van der Waals surface area contributed by atoms with Gasteiger partial charge in [0.25, 0.3) is 0 Å². The standard InChI is InChI=1S/C39H46N2O6/c1-44-32-15-7-28(8-16-32)24-38(23-5-6-36(40)42,25-29-9-17-33(45-2)18-10-29)39(37(41)43,26-30-11-19-34(46-3)20-12-30)27-31-13-21-35(47-4)22-14-31/h7-22H,5-6,23-27H2,1-4H3,(H2,40,42)(H2,41,43). The van der Waals surface area contributed by atoms with E-state index in [1.54, 1.807) is 28.4 Å². The van der Waals surface area contributed by atoms with Crippen LogP contribution in [0.2, 0.25) is 0 Å². The lowest BCUT2D eigenvalue weighted by atomic mass is 9.52. The van der Waals surface area contributed by atoms with Crippen molar-refractivity contribution in [2.75, 3.05) is 28.4 Å². The number of hydrogen-bond acceptors (Lipinski definition) is 6. The third-order valence-corrected chi connectivity index (χ3v) is 9.30. The molecule has 4 rings (SSSR count). The Kier molecular flexibility index (Phi) is 11.9. The van der Waals surface area contributed by atoms with Crippen molar-refractivity contribution < 1.29 is 28.5 Å². The summed E-state index contributed by atoms with van der Waals surface area (Å²) < 4.78 is 21.8. The average Bonchev–Trinajstić information content (AvgIpc) is 3.09. The van der Waals surface area contributed by atoms with Crippen LogP contribution in [0, 0.1) is 10.8 Å². The van der Waals surface area contributed by atoms with Crippen molar-refractivity contribution in [1.82, 2.24) is 0 Å². The van der Waals surface area contributed by atoms with Gasteiger partial charge in [0.2, 0.25) is 11.8 Å². The topological polar surface area (TPSA) is 123 Å². The molecule has 0 aliphatic carbocycles. The van der Waals surface area contributed by atoms with E-state index in [4.69, 9.17) is 30.4 Å². The molecule has 0 bridgehead atoms. The van der Waals surface area contributed by atoms with Gasteiger partial charge in [0.1, 0.15) is 23.0 Å². The number of hydrogen-bond donors (Lipinski definition) is 2. The van der Waals surface area contributed by atoms with Gasteiger partial charge in [0, 0.05) is 6.42 Å². The summed E-state index contributed by atoms with van der Waals surface area (Å²) in [6, 6.07) is 31.4. The van der Waals surface area contributed by atoms with Gasteiger partial charge in [0.15, 0.2) is 0 Å². The summed E-state index contributed by atoms with van der Waals surface area (Å²) in [6.07, 6.45) is 2.94. The van der Waals surface area contributed by atoms with E-state index in [0.29, 0.717) is 38.5 Å². The summed E-state index contributed by atoms with van der Waals surface area (Å²) >= 11 is 0. The molecule has 2 amide bonds. The second kappa shape index (κ2) is 16.0. The SMILES string of the molecule is COc1ccc(CC(CCCC(N)=O)(Cc2ccc(OC)cc2)C(Cc2ccc(OC)cc2)(Cc2ccc(OC)cc2)C(N)=O)cc1. The van der Waals surface area contributed by atoms with Gasteiger partial charge in [-0.15, -0.1) is 0 Å². The number of carbonyl (C=O) groups excluding carboxylic acids is 2. The summed E-state index contributed by atoms with van der Waals surface area (Å²) in [4.78, 5) is 26.6. The Morgan fingerprint density at radius 3 is 1.06 bits per heavy atom. The van der Waals surface area contributed by atoms with E-state index in [0.717, 1.165) is 45.3 Å². The molecule has 8 nitrogen and oxygen atoms in total. The molecular weight excluding hydrogens is 592 g/mol. The lowest BCUT2D eigenvalue weighted by Gasteiger charge is -2.50. The minimum atomic E-state index is -1.12. The molecule has 0 aromatic heterocycles. The summed E-state index contributed by atoms with van der Waals surface area (Å²) in [5, 5.41) is 0. The second-order valence-corrected chi connectivity index (χ2v) is 12.1. The maximum Gasteiger partial charge on any atom is 0.224 e. The molecule has 0 saturated heterocycles. The maximum absolute atomic E-state index is 14.4. The molecule has 0 aliphatic rings. The molecular formula is C39H46N2O6. The first-order valence-corrected chi connectivity index (χ1v) is 15.8. The molecule has 248 valence electrons.